The summed E-state index contributed by atoms with van der Waals surface area (Å²) >= 11 is 1.59. The second-order valence-electron chi connectivity index (χ2n) is 6.50. The number of nitrogens with zero attached hydrogens (tertiary/aromatic N) is 3. The van der Waals surface area contributed by atoms with Gasteiger partial charge in [0.25, 0.3) is 0 Å². The van der Waals surface area contributed by atoms with Gasteiger partial charge in [-0.15, -0.1) is 11.3 Å². The van der Waals surface area contributed by atoms with Crippen LogP contribution in [0.3, 0.4) is 0 Å². The van der Waals surface area contributed by atoms with Crippen LogP contribution in [0.15, 0.2) is 5.38 Å². The molecular weight excluding hydrogens is 322 g/mol. The average molecular weight is 341 g/mol. The standard InChI is InChI=1S/C14H19N3O3S2/c1-9-15-11(8-21-9)6-16-4-10-5-17(7-13(10)14(16)18)22(19,20)12-2-3-12/h8,10,12-13H,2-7H2,1H3/t10-,13+/m1/s1. The summed E-state index contributed by atoms with van der Waals surface area (Å²) in [5.74, 6) is 0.0677. The van der Waals surface area contributed by atoms with Crippen molar-refractivity contribution in [1.82, 2.24) is 14.2 Å². The molecule has 0 spiro atoms. The van der Waals surface area contributed by atoms with E-state index in [1.54, 1.807) is 15.6 Å². The molecule has 22 heavy (non-hydrogen) atoms. The molecule has 1 aromatic rings. The predicted octanol–water partition coefficient (Wildman–Crippen LogP) is 0.834. The van der Waals surface area contributed by atoms with E-state index in [1.165, 1.54) is 0 Å². The summed E-state index contributed by atoms with van der Waals surface area (Å²) in [5.41, 5.74) is 0.929. The van der Waals surface area contributed by atoms with Crippen molar-refractivity contribution in [1.29, 1.82) is 0 Å². The van der Waals surface area contributed by atoms with Crippen LogP contribution in [0, 0.1) is 18.8 Å². The average Bonchev–Trinajstić information content (AvgIpc) is 3.04. The summed E-state index contributed by atoms with van der Waals surface area (Å²) in [5, 5.41) is 2.81. The van der Waals surface area contributed by atoms with Gasteiger partial charge in [-0.3, -0.25) is 4.79 Å². The number of aromatic nitrogens is 1. The zero-order chi connectivity index (χ0) is 15.5. The fourth-order valence-corrected chi connectivity index (χ4v) is 6.03. The molecule has 3 aliphatic rings. The van der Waals surface area contributed by atoms with E-state index in [1.807, 2.05) is 17.2 Å². The maximum atomic E-state index is 12.5. The van der Waals surface area contributed by atoms with Gasteiger partial charge in [0.1, 0.15) is 0 Å². The molecule has 4 rings (SSSR count). The number of likely N-dealkylation sites (tertiary alicyclic amines) is 1. The molecule has 120 valence electrons. The van der Waals surface area contributed by atoms with Crippen molar-refractivity contribution in [3.05, 3.63) is 16.1 Å². The number of hydrogen-bond acceptors (Lipinski definition) is 5. The molecule has 1 aliphatic carbocycles. The smallest absolute Gasteiger partial charge is 0.227 e. The molecule has 2 atom stereocenters. The molecule has 0 unspecified atom stereocenters. The minimum Gasteiger partial charge on any atom is -0.336 e. The minimum absolute atomic E-state index is 0.0872. The Balaban J connectivity index is 1.44. The Labute approximate surface area is 134 Å². The predicted molar refractivity (Wildman–Crippen MR) is 82.8 cm³/mol. The lowest BCUT2D eigenvalue weighted by molar-refractivity contribution is -0.131. The van der Waals surface area contributed by atoms with E-state index in [-0.39, 0.29) is 23.0 Å². The number of amides is 1. The van der Waals surface area contributed by atoms with Crippen LogP contribution in [0.25, 0.3) is 0 Å². The molecule has 8 heteroatoms. The maximum Gasteiger partial charge on any atom is 0.227 e. The first-order valence-corrected chi connectivity index (χ1v) is 10.0. The number of rotatable bonds is 4. The first-order valence-electron chi connectivity index (χ1n) is 7.64. The SMILES string of the molecule is Cc1nc(CN2C[C@@H]3CN(S(=O)(=O)C4CC4)C[C@@H]3C2=O)cs1. The summed E-state index contributed by atoms with van der Waals surface area (Å²) in [6.45, 7) is 4.02. The van der Waals surface area contributed by atoms with Crippen molar-refractivity contribution >= 4 is 27.3 Å². The molecule has 0 bridgehead atoms. The fourth-order valence-electron chi connectivity index (χ4n) is 3.51. The molecular formula is C14H19N3O3S2. The van der Waals surface area contributed by atoms with Crippen LogP contribution >= 0.6 is 11.3 Å². The number of thiazole rings is 1. The molecule has 3 heterocycles. The minimum atomic E-state index is -3.15. The van der Waals surface area contributed by atoms with Crippen molar-refractivity contribution in [2.75, 3.05) is 19.6 Å². The van der Waals surface area contributed by atoms with Gasteiger partial charge in [0.2, 0.25) is 15.9 Å². The van der Waals surface area contributed by atoms with Crippen molar-refractivity contribution in [3.63, 3.8) is 0 Å². The molecule has 0 N–H and O–H groups in total. The van der Waals surface area contributed by atoms with Gasteiger partial charge in [-0.1, -0.05) is 0 Å². The Morgan fingerprint density at radius 3 is 2.68 bits per heavy atom. The Kier molecular flexibility index (Phi) is 3.32. The molecule has 6 nitrogen and oxygen atoms in total. The molecule has 1 amide bonds. The van der Waals surface area contributed by atoms with Gasteiger partial charge in [-0.05, 0) is 19.8 Å². The largest absolute Gasteiger partial charge is 0.336 e. The molecule has 3 fully saturated rings. The lowest BCUT2D eigenvalue weighted by atomic mass is 10.0. The Morgan fingerprint density at radius 2 is 2.09 bits per heavy atom. The maximum absolute atomic E-state index is 12.5. The summed E-state index contributed by atoms with van der Waals surface area (Å²) < 4.78 is 26.2. The normalized spacial score (nSPS) is 29.3. The van der Waals surface area contributed by atoms with Crippen LogP contribution in [0.5, 0.6) is 0 Å². The molecule has 2 aliphatic heterocycles. The van der Waals surface area contributed by atoms with Crippen molar-refractivity contribution in [2.45, 2.75) is 31.6 Å². The third-order valence-corrected chi connectivity index (χ3v) is 7.97. The summed E-state index contributed by atoms with van der Waals surface area (Å²) in [7, 11) is -3.15. The number of carbonyl (C=O) groups is 1. The number of hydrogen-bond donors (Lipinski definition) is 0. The Hall–Kier alpha value is -0.990. The quantitative estimate of drug-likeness (QED) is 0.813. The second-order valence-corrected chi connectivity index (χ2v) is 9.78. The fraction of sp³-hybridized carbons (Fsp3) is 0.714. The summed E-state index contributed by atoms with van der Waals surface area (Å²) in [6.07, 6.45) is 1.55. The number of sulfonamides is 1. The van der Waals surface area contributed by atoms with Gasteiger partial charge in [-0.2, -0.15) is 0 Å². The first kappa shape index (κ1) is 14.6. The first-order chi connectivity index (χ1) is 10.4. The van der Waals surface area contributed by atoms with Gasteiger partial charge < -0.3 is 4.90 Å². The van der Waals surface area contributed by atoms with Gasteiger partial charge in [0.15, 0.2) is 0 Å². The second kappa shape index (κ2) is 5.01. The highest BCUT2D eigenvalue weighted by molar-refractivity contribution is 7.90. The van der Waals surface area contributed by atoms with E-state index >= 15 is 0 Å². The highest BCUT2D eigenvalue weighted by Crippen LogP contribution is 2.39. The van der Waals surface area contributed by atoms with Crippen LogP contribution in [0.2, 0.25) is 0 Å². The van der Waals surface area contributed by atoms with E-state index < -0.39 is 10.0 Å². The monoisotopic (exact) mass is 341 g/mol. The molecule has 2 saturated heterocycles. The molecule has 0 aromatic carbocycles. The third kappa shape index (κ3) is 2.37. The molecule has 1 aromatic heterocycles. The van der Waals surface area contributed by atoms with Gasteiger partial charge >= 0.3 is 0 Å². The number of fused-ring (bicyclic) bond motifs is 1. The highest BCUT2D eigenvalue weighted by atomic mass is 32.2. The zero-order valence-electron chi connectivity index (χ0n) is 12.4. The van der Waals surface area contributed by atoms with E-state index in [0.29, 0.717) is 26.2 Å². The van der Waals surface area contributed by atoms with Crippen LogP contribution in [0.4, 0.5) is 0 Å². The van der Waals surface area contributed by atoms with Gasteiger partial charge in [0, 0.05) is 30.9 Å². The highest BCUT2D eigenvalue weighted by Gasteiger charge is 2.51. The Morgan fingerprint density at radius 1 is 1.32 bits per heavy atom. The van der Waals surface area contributed by atoms with Gasteiger partial charge in [-0.25, -0.2) is 17.7 Å². The third-order valence-electron chi connectivity index (χ3n) is 4.82. The van der Waals surface area contributed by atoms with Crippen LogP contribution in [0.1, 0.15) is 23.5 Å². The lowest BCUT2D eigenvalue weighted by Crippen LogP contribution is -2.37. The van der Waals surface area contributed by atoms with Crippen LogP contribution < -0.4 is 0 Å². The molecule has 1 saturated carbocycles. The number of aryl methyl sites for hydroxylation is 1. The van der Waals surface area contributed by atoms with Crippen molar-refractivity contribution in [3.8, 4) is 0 Å². The van der Waals surface area contributed by atoms with Crippen LogP contribution in [-0.4, -0.2) is 53.4 Å². The van der Waals surface area contributed by atoms with E-state index in [0.717, 1.165) is 23.5 Å². The van der Waals surface area contributed by atoms with E-state index in [2.05, 4.69) is 4.98 Å². The van der Waals surface area contributed by atoms with Crippen molar-refractivity contribution in [2.24, 2.45) is 11.8 Å². The molecule has 0 radical (unpaired) electrons. The topological polar surface area (TPSA) is 70.6 Å². The van der Waals surface area contributed by atoms with Crippen molar-refractivity contribution < 1.29 is 13.2 Å². The lowest BCUT2D eigenvalue weighted by Gasteiger charge is -2.21. The van der Waals surface area contributed by atoms with E-state index in [9.17, 15) is 13.2 Å². The number of carbonyl (C=O) groups excluding carboxylic acids is 1. The Bertz CT molecular complexity index is 711. The summed E-state index contributed by atoms with van der Waals surface area (Å²) in [6, 6.07) is 0. The van der Waals surface area contributed by atoms with Gasteiger partial charge in [0.05, 0.1) is 28.4 Å². The summed E-state index contributed by atoms with van der Waals surface area (Å²) in [4.78, 5) is 18.8. The van der Waals surface area contributed by atoms with Crippen LogP contribution in [-0.2, 0) is 21.4 Å². The zero-order valence-corrected chi connectivity index (χ0v) is 14.1. The van der Waals surface area contributed by atoms with E-state index in [4.69, 9.17) is 0 Å².